The summed E-state index contributed by atoms with van der Waals surface area (Å²) in [6.45, 7) is 2.30. The monoisotopic (exact) mass is 340 g/mol. The predicted molar refractivity (Wildman–Crippen MR) is 86.3 cm³/mol. The smallest absolute Gasteiger partial charge is 0.251 e. The number of hydrogen-bond acceptors (Lipinski definition) is 2. The molecule has 0 unspecified atom stereocenters. The minimum Gasteiger partial charge on any atom is -0.344 e. The summed E-state index contributed by atoms with van der Waals surface area (Å²) >= 11 is 11.9. The Morgan fingerprint density at radius 1 is 1.27 bits per heavy atom. The van der Waals surface area contributed by atoms with E-state index in [2.05, 4.69) is 5.32 Å². The molecule has 22 heavy (non-hydrogen) atoms. The van der Waals surface area contributed by atoms with Crippen molar-refractivity contribution in [3.8, 4) is 0 Å². The first-order valence-corrected chi connectivity index (χ1v) is 8.23. The van der Waals surface area contributed by atoms with Crippen LogP contribution in [0.5, 0.6) is 0 Å². The number of amides is 2. The average Bonchev–Trinajstić information content (AvgIpc) is 2.99. The summed E-state index contributed by atoms with van der Waals surface area (Å²) in [6.07, 6.45) is 3.69. The Morgan fingerprint density at radius 2 is 2.05 bits per heavy atom. The fourth-order valence-corrected chi connectivity index (χ4v) is 4.09. The highest BCUT2D eigenvalue weighted by atomic mass is 35.5. The van der Waals surface area contributed by atoms with Gasteiger partial charge in [0.2, 0.25) is 5.91 Å². The van der Waals surface area contributed by atoms with Crippen molar-refractivity contribution in [3.63, 3.8) is 0 Å². The van der Waals surface area contributed by atoms with Gasteiger partial charge in [-0.05, 0) is 43.9 Å². The lowest BCUT2D eigenvalue weighted by molar-refractivity contribution is -0.130. The Kier molecular flexibility index (Phi) is 4.08. The van der Waals surface area contributed by atoms with E-state index in [1.165, 1.54) is 0 Å². The first kappa shape index (κ1) is 15.6. The van der Waals surface area contributed by atoms with Gasteiger partial charge in [0.05, 0.1) is 21.6 Å². The Bertz CT molecular complexity index is 635. The lowest BCUT2D eigenvalue weighted by Crippen LogP contribution is -2.54. The summed E-state index contributed by atoms with van der Waals surface area (Å²) in [6, 6.07) is 4.98. The highest BCUT2D eigenvalue weighted by Gasteiger charge is 2.52. The zero-order chi connectivity index (χ0) is 15.9. The number of nitrogens with zero attached hydrogens (tertiary/aromatic N) is 1. The molecule has 2 aliphatic rings. The molecule has 0 radical (unpaired) electrons. The van der Waals surface area contributed by atoms with Crippen LogP contribution in [-0.2, 0) is 4.79 Å². The van der Waals surface area contributed by atoms with Gasteiger partial charge in [-0.25, -0.2) is 0 Å². The van der Waals surface area contributed by atoms with Crippen molar-refractivity contribution in [2.75, 3.05) is 6.54 Å². The molecule has 1 saturated carbocycles. The lowest BCUT2D eigenvalue weighted by atomic mass is 9.92. The van der Waals surface area contributed by atoms with E-state index in [-0.39, 0.29) is 23.4 Å². The molecule has 1 aromatic rings. The van der Waals surface area contributed by atoms with Gasteiger partial charge >= 0.3 is 0 Å². The van der Waals surface area contributed by atoms with Crippen molar-refractivity contribution in [3.05, 3.63) is 33.8 Å². The molecule has 1 saturated heterocycles. The van der Waals surface area contributed by atoms with Gasteiger partial charge in [0.25, 0.3) is 5.91 Å². The molecular formula is C16H18Cl2N2O2. The van der Waals surface area contributed by atoms with E-state index in [0.717, 1.165) is 25.7 Å². The van der Waals surface area contributed by atoms with Crippen LogP contribution in [0.1, 0.15) is 43.0 Å². The number of fused-ring (bicyclic) bond motifs is 1. The zero-order valence-electron chi connectivity index (χ0n) is 12.4. The van der Waals surface area contributed by atoms with Crippen LogP contribution >= 0.6 is 23.2 Å². The highest BCUT2D eigenvalue weighted by molar-refractivity contribution is 6.42. The first-order valence-electron chi connectivity index (χ1n) is 7.48. The van der Waals surface area contributed by atoms with Crippen LogP contribution in [0, 0.1) is 0 Å². The van der Waals surface area contributed by atoms with Crippen LogP contribution in [0.3, 0.4) is 0 Å². The number of carbonyl (C=O) groups is 2. The van der Waals surface area contributed by atoms with Crippen molar-refractivity contribution >= 4 is 35.0 Å². The molecule has 1 heterocycles. The summed E-state index contributed by atoms with van der Waals surface area (Å²) in [5.74, 6) is -0.0755. The quantitative estimate of drug-likeness (QED) is 0.898. The largest absolute Gasteiger partial charge is 0.344 e. The molecular weight excluding hydrogens is 323 g/mol. The van der Waals surface area contributed by atoms with E-state index in [1.807, 2.05) is 4.90 Å². The van der Waals surface area contributed by atoms with Crippen molar-refractivity contribution in [2.24, 2.45) is 0 Å². The van der Waals surface area contributed by atoms with E-state index >= 15 is 0 Å². The molecule has 4 nitrogen and oxygen atoms in total. The topological polar surface area (TPSA) is 49.4 Å². The maximum absolute atomic E-state index is 12.6. The van der Waals surface area contributed by atoms with Crippen molar-refractivity contribution in [1.82, 2.24) is 10.2 Å². The number of halogens is 2. The SMILES string of the molecule is CC(=O)N1CC[C@]2(NC(=O)c3ccc(Cl)c(Cl)c3)CCC[C@H]12. The third kappa shape index (κ3) is 2.59. The fraction of sp³-hybridized carbons (Fsp3) is 0.500. The fourth-order valence-electron chi connectivity index (χ4n) is 3.80. The molecule has 6 heteroatoms. The summed E-state index contributed by atoms with van der Waals surface area (Å²) in [5, 5.41) is 3.96. The highest BCUT2D eigenvalue weighted by Crippen LogP contribution is 2.42. The minimum atomic E-state index is -0.297. The van der Waals surface area contributed by atoms with Gasteiger partial charge in [-0.2, -0.15) is 0 Å². The van der Waals surface area contributed by atoms with Crippen LogP contribution in [0.4, 0.5) is 0 Å². The number of hydrogen-bond donors (Lipinski definition) is 1. The third-order valence-corrected chi connectivity index (χ3v) is 5.60. The normalized spacial score (nSPS) is 26.9. The molecule has 2 atom stereocenters. The maximum Gasteiger partial charge on any atom is 0.251 e. The van der Waals surface area contributed by atoms with Crippen LogP contribution in [0.25, 0.3) is 0 Å². The summed E-state index contributed by atoms with van der Waals surface area (Å²) in [5.41, 5.74) is 0.199. The molecule has 0 bridgehead atoms. The minimum absolute atomic E-state index is 0.0811. The zero-order valence-corrected chi connectivity index (χ0v) is 13.9. The molecule has 2 fully saturated rings. The van der Waals surface area contributed by atoms with E-state index in [1.54, 1.807) is 25.1 Å². The van der Waals surface area contributed by atoms with Gasteiger partial charge in [0, 0.05) is 19.0 Å². The van der Waals surface area contributed by atoms with Gasteiger partial charge in [-0.1, -0.05) is 23.2 Å². The summed E-state index contributed by atoms with van der Waals surface area (Å²) < 4.78 is 0. The second kappa shape index (κ2) is 5.74. The van der Waals surface area contributed by atoms with Crippen LogP contribution < -0.4 is 5.32 Å². The number of rotatable bonds is 2. The van der Waals surface area contributed by atoms with Crippen molar-refractivity contribution in [1.29, 1.82) is 0 Å². The summed E-state index contributed by atoms with van der Waals surface area (Å²) in [7, 11) is 0. The number of benzene rings is 1. The maximum atomic E-state index is 12.6. The standard InChI is InChI=1S/C16H18Cl2N2O2/c1-10(21)20-8-7-16(6-2-3-14(16)20)19-15(22)11-4-5-12(17)13(18)9-11/h4-5,9,14H,2-3,6-8H2,1H3,(H,19,22)/t14-,16+/m0/s1. The van der Waals surface area contributed by atoms with Crippen molar-refractivity contribution < 1.29 is 9.59 Å². The second-order valence-electron chi connectivity index (χ2n) is 6.11. The Balaban J connectivity index is 1.81. The molecule has 1 aromatic carbocycles. The van der Waals surface area contributed by atoms with E-state index in [0.29, 0.717) is 22.2 Å². The van der Waals surface area contributed by atoms with Crippen LogP contribution in [0.15, 0.2) is 18.2 Å². The Hall–Kier alpha value is -1.26. The first-order chi connectivity index (χ1) is 10.4. The summed E-state index contributed by atoms with van der Waals surface area (Å²) in [4.78, 5) is 26.2. The van der Waals surface area contributed by atoms with Crippen molar-refractivity contribution in [2.45, 2.75) is 44.2 Å². The van der Waals surface area contributed by atoms with E-state index in [4.69, 9.17) is 23.2 Å². The van der Waals surface area contributed by atoms with E-state index < -0.39 is 0 Å². The second-order valence-corrected chi connectivity index (χ2v) is 6.92. The molecule has 118 valence electrons. The molecule has 1 aliphatic carbocycles. The Labute approximate surface area is 139 Å². The van der Waals surface area contributed by atoms with Gasteiger partial charge < -0.3 is 10.2 Å². The third-order valence-electron chi connectivity index (χ3n) is 4.86. The van der Waals surface area contributed by atoms with Crippen LogP contribution in [0.2, 0.25) is 10.0 Å². The number of carbonyl (C=O) groups excluding carboxylic acids is 2. The van der Waals surface area contributed by atoms with Gasteiger partial charge in [-0.15, -0.1) is 0 Å². The van der Waals surface area contributed by atoms with Crippen LogP contribution in [-0.4, -0.2) is 34.8 Å². The molecule has 1 N–H and O–H groups in total. The molecule has 3 rings (SSSR count). The average molecular weight is 341 g/mol. The van der Waals surface area contributed by atoms with E-state index in [9.17, 15) is 9.59 Å². The lowest BCUT2D eigenvalue weighted by Gasteiger charge is -2.33. The number of likely N-dealkylation sites (tertiary alicyclic amines) is 1. The van der Waals surface area contributed by atoms with Gasteiger partial charge in [0.1, 0.15) is 0 Å². The predicted octanol–water partition coefficient (Wildman–Crippen LogP) is 3.27. The molecule has 1 aliphatic heterocycles. The molecule has 0 spiro atoms. The molecule has 0 aromatic heterocycles. The van der Waals surface area contributed by atoms with Gasteiger partial charge in [0.15, 0.2) is 0 Å². The number of nitrogens with one attached hydrogen (secondary N) is 1. The molecule has 2 amide bonds. The van der Waals surface area contributed by atoms with Gasteiger partial charge in [-0.3, -0.25) is 9.59 Å². The Morgan fingerprint density at radius 3 is 2.73 bits per heavy atom.